The zero-order valence-electron chi connectivity index (χ0n) is 5.86. The first-order chi connectivity index (χ1) is 5.38. The van der Waals surface area contributed by atoms with Gasteiger partial charge in [-0.3, -0.25) is 4.79 Å². The summed E-state index contributed by atoms with van der Waals surface area (Å²) < 4.78 is 5.18. The lowest BCUT2D eigenvalue weighted by Crippen LogP contribution is -2.22. The average Bonchev–Trinajstić information content (AvgIpc) is 2.06. The van der Waals surface area contributed by atoms with Gasteiger partial charge in [-0.1, -0.05) is 12.2 Å². The third-order valence-electron chi connectivity index (χ3n) is 1.71. The molecule has 0 N–H and O–H groups in total. The minimum Gasteiger partial charge on any atom is -0.489 e. The highest BCUT2D eigenvalue weighted by Crippen LogP contribution is 2.19. The van der Waals surface area contributed by atoms with E-state index >= 15 is 0 Å². The van der Waals surface area contributed by atoms with Crippen LogP contribution >= 0.6 is 0 Å². The first-order valence-corrected chi connectivity index (χ1v) is 3.46. The highest BCUT2D eigenvalue weighted by atomic mass is 16.5. The molecule has 0 aromatic heterocycles. The predicted molar refractivity (Wildman–Crippen MR) is 40.5 cm³/mol. The molecular weight excluding hydrogens is 140 g/mol. The van der Waals surface area contributed by atoms with E-state index < -0.39 is 0 Å². The number of rotatable bonds is 0. The Morgan fingerprint density at radius 2 is 2.36 bits per heavy atom. The molecule has 0 fully saturated rings. The van der Waals surface area contributed by atoms with E-state index in [1.807, 2.05) is 18.6 Å². The summed E-state index contributed by atoms with van der Waals surface area (Å²) in [6.07, 6.45) is 10.1. The summed E-state index contributed by atoms with van der Waals surface area (Å²) in [5, 5.41) is 0. The number of allylic oxidation sites excluding steroid dienone is 3. The second-order valence-electron chi connectivity index (χ2n) is 2.42. The van der Waals surface area contributed by atoms with Crippen LogP contribution in [0.15, 0.2) is 36.1 Å². The first-order valence-electron chi connectivity index (χ1n) is 3.46. The number of carbonyl (C=O) groups excluding carboxylic acids is 1. The van der Waals surface area contributed by atoms with Crippen LogP contribution in [0.25, 0.3) is 0 Å². The SMILES string of the molecule is O=C1C=COC2C=C[CH]C=C12. The monoisotopic (exact) mass is 147 g/mol. The van der Waals surface area contributed by atoms with Crippen molar-refractivity contribution in [2.24, 2.45) is 0 Å². The van der Waals surface area contributed by atoms with Crippen molar-refractivity contribution in [3.05, 3.63) is 42.6 Å². The third-order valence-corrected chi connectivity index (χ3v) is 1.71. The molecule has 0 aromatic carbocycles. The van der Waals surface area contributed by atoms with E-state index in [1.165, 1.54) is 12.3 Å². The van der Waals surface area contributed by atoms with Gasteiger partial charge in [0.15, 0.2) is 5.78 Å². The molecule has 2 rings (SSSR count). The number of ketones is 1. The van der Waals surface area contributed by atoms with Crippen molar-refractivity contribution in [3.8, 4) is 0 Å². The largest absolute Gasteiger partial charge is 0.489 e. The molecule has 1 unspecified atom stereocenters. The summed E-state index contributed by atoms with van der Waals surface area (Å²) in [6.45, 7) is 0. The van der Waals surface area contributed by atoms with Gasteiger partial charge in [-0.05, 0) is 6.08 Å². The van der Waals surface area contributed by atoms with Crippen LogP contribution in [0.3, 0.4) is 0 Å². The zero-order chi connectivity index (χ0) is 7.68. The molecule has 1 aliphatic carbocycles. The number of fused-ring (bicyclic) bond motifs is 1. The Kier molecular flexibility index (Phi) is 1.39. The molecule has 0 saturated heterocycles. The summed E-state index contributed by atoms with van der Waals surface area (Å²) in [5.74, 6) is 0.0434. The Hall–Kier alpha value is -1.31. The van der Waals surface area contributed by atoms with Crippen molar-refractivity contribution in [2.45, 2.75) is 6.10 Å². The highest BCUT2D eigenvalue weighted by molar-refractivity contribution is 6.05. The number of ether oxygens (including phenoxy) is 1. The van der Waals surface area contributed by atoms with Gasteiger partial charge in [-0.15, -0.1) is 0 Å². The normalized spacial score (nSPS) is 27.5. The summed E-state index contributed by atoms with van der Waals surface area (Å²) in [6, 6.07) is 0. The van der Waals surface area contributed by atoms with E-state index in [2.05, 4.69) is 0 Å². The molecule has 1 heterocycles. The van der Waals surface area contributed by atoms with E-state index in [0.717, 1.165) is 5.57 Å². The van der Waals surface area contributed by atoms with Gasteiger partial charge < -0.3 is 4.74 Å². The van der Waals surface area contributed by atoms with Crippen LogP contribution in [0, 0.1) is 6.42 Å². The maximum absolute atomic E-state index is 11.1. The molecule has 0 aromatic rings. The average molecular weight is 147 g/mol. The maximum Gasteiger partial charge on any atom is 0.188 e. The van der Waals surface area contributed by atoms with Crippen LogP contribution < -0.4 is 0 Å². The zero-order valence-corrected chi connectivity index (χ0v) is 5.86. The number of carbonyl (C=O) groups is 1. The lowest BCUT2D eigenvalue weighted by Gasteiger charge is -2.20. The van der Waals surface area contributed by atoms with Gasteiger partial charge in [0.05, 0.1) is 6.26 Å². The Labute approximate surface area is 64.9 Å². The molecule has 0 spiro atoms. The Morgan fingerprint density at radius 3 is 3.18 bits per heavy atom. The maximum atomic E-state index is 11.1. The summed E-state index contributed by atoms with van der Waals surface area (Å²) in [7, 11) is 0. The van der Waals surface area contributed by atoms with Crippen LogP contribution in [0.1, 0.15) is 0 Å². The van der Waals surface area contributed by atoms with Crippen molar-refractivity contribution < 1.29 is 9.53 Å². The van der Waals surface area contributed by atoms with Gasteiger partial charge in [-0.25, -0.2) is 0 Å². The van der Waals surface area contributed by atoms with Crippen LogP contribution in [-0.2, 0) is 9.53 Å². The molecule has 1 aliphatic heterocycles. The van der Waals surface area contributed by atoms with Crippen molar-refractivity contribution >= 4 is 5.78 Å². The molecule has 0 bridgehead atoms. The van der Waals surface area contributed by atoms with Crippen LogP contribution in [0.4, 0.5) is 0 Å². The van der Waals surface area contributed by atoms with E-state index in [-0.39, 0.29) is 11.9 Å². The summed E-state index contributed by atoms with van der Waals surface area (Å²) >= 11 is 0. The minimum absolute atomic E-state index is 0.0434. The van der Waals surface area contributed by atoms with E-state index in [1.54, 1.807) is 6.08 Å². The van der Waals surface area contributed by atoms with E-state index in [4.69, 9.17) is 4.74 Å². The molecular formula is C9H7O2. The van der Waals surface area contributed by atoms with Gasteiger partial charge in [-0.2, -0.15) is 0 Å². The van der Waals surface area contributed by atoms with Crippen molar-refractivity contribution in [2.75, 3.05) is 0 Å². The third kappa shape index (κ3) is 1.00. The topological polar surface area (TPSA) is 26.3 Å². The Balaban J connectivity index is 2.35. The minimum atomic E-state index is -0.155. The molecule has 1 radical (unpaired) electrons. The molecule has 11 heavy (non-hydrogen) atoms. The van der Waals surface area contributed by atoms with Gasteiger partial charge in [0, 0.05) is 18.1 Å². The van der Waals surface area contributed by atoms with Crippen molar-refractivity contribution in [1.29, 1.82) is 0 Å². The number of hydrogen-bond donors (Lipinski definition) is 0. The van der Waals surface area contributed by atoms with Crippen LogP contribution in [-0.4, -0.2) is 11.9 Å². The molecule has 1 atom stereocenters. The van der Waals surface area contributed by atoms with Crippen LogP contribution in [0.5, 0.6) is 0 Å². The first kappa shape index (κ1) is 6.40. The van der Waals surface area contributed by atoms with Gasteiger partial charge in [0.1, 0.15) is 6.10 Å². The Morgan fingerprint density at radius 1 is 1.45 bits per heavy atom. The second-order valence-corrected chi connectivity index (χ2v) is 2.42. The second kappa shape index (κ2) is 2.38. The lowest BCUT2D eigenvalue weighted by molar-refractivity contribution is -0.112. The summed E-state index contributed by atoms with van der Waals surface area (Å²) in [5.41, 5.74) is 0.718. The Bertz CT molecular complexity index is 271. The quantitative estimate of drug-likeness (QED) is 0.514. The van der Waals surface area contributed by atoms with E-state index in [0.29, 0.717) is 0 Å². The molecule has 0 saturated carbocycles. The van der Waals surface area contributed by atoms with Gasteiger partial charge in [0.2, 0.25) is 0 Å². The van der Waals surface area contributed by atoms with Gasteiger partial charge in [0.25, 0.3) is 0 Å². The van der Waals surface area contributed by atoms with E-state index in [9.17, 15) is 4.79 Å². The molecule has 2 nitrogen and oxygen atoms in total. The van der Waals surface area contributed by atoms with Crippen LogP contribution in [0.2, 0.25) is 0 Å². The molecule has 2 heteroatoms. The van der Waals surface area contributed by atoms with Crippen molar-refractivity contribution in [1.82, 2.24) is 0 Å². The lowest BCUT2D eigenvalue weighted by atomic mass is 9.97. The van der Waals surface area contributed by atoms with Gasteiger partial charge >= 0.3 is 0 Å². The van der Waals surface area contributed by atoms with Crippen molar-refractivity contribution in [3.63, 3.8) is 0 Å². The standard InChI is InChI=1S/C9H7O2/c10-8-5-6-11-9-4-2-1-3-7(8)9/h1-6,9H. The molecule has 2 aliphatic rings. The molecule has 55 valence electrons. The fraction of sp³-hybridized carbons (Fsp3) is 0.111. The fourth-order valence-corrected chi connectivity index (χ4v) is 1.15. The number of hydrogen-bond acceptors (Lipinski definition) is 2. The fourth-order valence-electron chi connectivity index (χ4n) is 1.15. The smallest absolute Gasteiger partial charge is 0.188 e. The summed E-state index contributed by atoms with van der Waals surface area (Å²) in [4.78, 5) is 11.1. The predicted octanol–water partition coefficient (Wildman–Crippen LogP) is 1.17. The highest BCUT2D eigenvalue weighted by Gasteiger charge is 2.22. The molecule has 0 amide bonds.